The van der Waals surface area contributed by atoms with E-state index < -0.39 is 0 Å². The lowest BCUT2D eigenvalue weighted by Gasteiger charge is -2.32. The SMILES string of the molecule is CCCC1CCC(NC(CC)Cc2ccccc2)CC1. The van der Waals surface area contributed by atoms with Gasteiger partial charge in [0.1, 0.15) is 0 Å². The first kappa shape index (κ1) is 15.6. The molecule has 0 bridgehead atoms. The van der Waals surface area contributed by atoms with Crippen LogP contribution in [-0.2, 0) is 6.42 Å². The first-order chi connectivity index (χ1) is 9.81. The minimum absolute atomic E-state index is 0.644. The smallest absolute Gasteiger partial charge is 0.0107 e. The third kappa shape index (κ3) is 4.94. The molecule has 1 fully saturated rings. The van der Waals surface area contributed by atoms with E-state index in [0.717, 1.165) is 12.0 Å². The summed E-state index contributed by atoms with van der Waals surface area (Å²) in [5.41, 5.74) is 1.46. The molecule has 0 heterocycles. The standard InChI is InChI=1S/C19H31N/c1-3-8-16-11-13-19(14-12-16)20-18(4-2)15-17-9-6-5-7-10-17/h5-7,9-10,16,18-20H,3-4,8,11-15H2,1-2H3. The van der Waals surface area contributed by atoms with Gasteiger partial charge in [-0.15, -0.1) is 0 Å². The Labute approximate surface area is 125 Å². The molecule has 0 amide bonds. The Morgan fingerprint density at radius 2 is 1.75 bits per heavy atom. The third-order valence-corrected chi connectivity index (χ3v) is 4.83. The van der Waals surface area contributed by atoms with E-state index in [9.17, 15) is 0 Å². The fraction of sp³-hybridized carbons (Fsp3) is 0.684. The van der Waals surface area contributed by atoms with Gasteiger partial charge in [0, 0.05) is 12.1 Å². The van der Waals surface area contributed by atoms with Gasteiger partial charge in [-0.1, -0.05) is 57.0 Å². The molecule has 0 spiro atoms. The molecule has 1 aromatic rings. The fourth-order valence-corrected chi connectivity index (χ4v) is 3.58. The van der Waals surface area contributed by atoms with Crippen LogP contribution in [0.3, 0.4) is 0 Å². The number of benzene rings is 1. The highest BCUT2D eigenvalue weighted by atomic mass is 14.9. The van der Waals surface area contributed by atoms with Crippen LogP contribution in [-0.4, -0.2) is 12.1 Å². The molecule has 1 aromatic carbocycles. The predicted octanol–water partition coefficient (Wildman–Crippen LogP) is 4.96. The Kier molecular flexibility index (Phi) is 6.59. The van der Waals surface area contributed by atoms with Gasteiger partial charge in [-0.2, -0.15) is 0 Å². The van der Waals surface area contributed by atoms with E-state index in [4.69, 9.17) is 0 Å². The summed E-state index contributed by atoms with van der Waals surface area (Å²) in [5.74, 6) is 1.01. The first-order valence-corrected chi connectivity index (χ1v) is 8.61. The van der Waals surface area contributed by atoms with Gasteiger partial charge in [-0.25, -0.2) is 0 Å². The summed E-state index contributed by atoms with van der Waals surface area (Å²) in [7, 11) is 0. The summed E-state index contributed by atoms with van der Waals surface area (Å²) in [6, 6.07) is 12.3. The van der Waals surface area contributed by atoms with Gasteiger partial charge in [-0.3, -0.25) is 0 Å². The second-order valence-electron chi connectivity index (χ2n) is 6.47. The van der Waals surface area contributed by atoms with Crippen LogP contribution in [0.2, 0.25) is 0 Å². The summed E-state index contributed by atoms with van der Waals surface area (Å²) in [5, 5.41) is 3.92. The van der Waals surface area contributed by atoms with E-state index in [2.05, 4.69) is 49.5 Å². The summed E-state index contributed by atoms with van der Waals surface area (Å²) < 4.78 is 0. The number of hydrogen-bond acceptors (Lipinski definition) is 1. The molecule has 1 nitrogen and oxygen atoms in total. The molecular formula is C19H31N. The number of hydrogen-bond donors (Lipinski definition) is 1. The summed E-state index contributed by atoms with van der Waals surface area (Å²) in [4.78, 5) is 0. The van der Waals surface area contributed by atoms with Crippen molar-refractivity contribution in [3.63, 3.8) is 0 Å². The Morgan fingerprint density at radius 1 is 1.05 bits per heavy atom. The van der Waals surface area contributed by atoms with Crippen molar-refractivity contribution >= 4 is 0 Å². The van der Waals surface area contributed by atoms with Crippen LogP contribution in [0.5, 0.6) is 0 Å². The minimum Gasteiger partial charge on any atom is -0.311 e. The number of rotatable bonds is 7. The largest absolute Gasteiger partial charge is 0.311 e. The van der Waals surface area contributed by atoms with Crippen LogP contribution >= 0.6 is 0 Å². The first-order valence-electron chi connectivity index (χ1n) is 8.61. The van der Waals surface area contributed by atoms with Crippen molar-refractivity contribution in [2.45, 2.75) is 77.3 Å². The van der Waals surface area contributed by atoms with Crippen LogP contribution < -0.4 is 5.32 Å². The molecule has 2 rings (SSSR count). The van der Waals surface area contributed by atoms with Gasteiger partial charge in [0.25, 0.3) is 0 Å². The Hall–Kier alpha value is -0.820. The van der Waals surface area contributed by atoms with Gasteiger partial charge < -0.3 is 5.32 Å². The zero-order valence-electron chi connectivity index (χ0n) is 13.3. The monoisotopic (exact) mass is 273 g/mol. The average molecular weight is 273 g/mol. The van der Waals surface area contributed by atoms with Crippen molar-refractivity contribution in [1.29, 1.82) is 0 Å². The lowest BCUT2D eigenvalue weighted by Crippen LogP contribution is -2.41. The highest BCUT2D eigenvalue weighted by molar-refractivity contribution is 5.15. The molecule has 1 aliphatic rings. The van der Waals surface area contributed by atoms with Crippen LogP contribution in [0, 0.1) is 5.92 Å². The van der Waals surface area contributed by atoms with E-state index in [0.29, 0.717) is 6.04 Å². The fourth-order valence-electron chi connectivity index (χ4n) is 3.58. The molecular weight excluding hydrogens is 242 g/mol. The highest BCUT2D eigenvalue weighted by Crippen LogP contribution is 2.28. The minimum atomic E-state index is 0.644. The molecule has 1 atom stereocenters. The summed E-state index contributed by atoms with van der Waals surface area (Å²) >= 11 is 0. The van der Waals surface area contributed by atoms with Crippen molar-refractivity contribution in [3.8, 4) is 0 Å². The Balaban J connectivity index is 1.76. The van der Waals surface area contributed by atoms with Crippen LogP contribution in [0.15, 0.2) is 30.3 Å². The van der Waals surface area contributed by atoms with Gasteiger partial charge in [0.2, 0.25) is 0 Å². The molecule has 1 heteroatoms. The van der Waals surface area contributed by atoms with Gasteiger partial charge >= 0.3 is 0 Å². The normalized spacial score (nSPS) is 24.5. The molecule has 0 aromatic heterocycles. The van der Waals surface area contributed by atoms with Crippen molar-refractivity contribution in [3.05, 3.63) is 35.9 Å². The Morgan fingerprint density at radius 3 is 2.35 bits per heavy atom. The summed E-state index contributed by atoms with van der Waals surface area (Å²) in [6.45, 7) is 4.63. The van der Waals surface area contributed by atoms with E-state index >= 15 is 0 Å². The third-order valence-electron chi connectivity index (χ3n) is 4.83. The maximum atomic E-state index is 3.92. The van der Waals surface area contributed by atoms with E-state index in [1.165, 1.54) is 56.9 Å². The highest BCUT2D eigenvalue weighted by Gasteiger charge is 2.22. The second kappa shape index (κ2) is 8.46. The predicted molar refractivity (Wildman–Crippen MR) is 88.0 cm³/mol. The van der Waals surface area contributed by atoms with Crippen LogP contribution in [0.25, 0.3) is 0 Å². The van der Waals surface area contributed by atoms with E-state index in [1.54, 1.807) is 0 Å². The molecule has 0 radical (unpaired) electrons. The topological polar surface area (TPSA) is 12.0 Å². The molecule has 20 heavy (non-hydrogen) atoms. The molecule has 1 aliphatic carbocycles. The molecule has 0 saturated heterocycles. The van der Waals surface area contributed by atoms with Crippen molar-refractivity contribution in [1.82, 2.24) is 5.32 Å². The lowest BCUT2D eigenvalue weighted by atomic mass is 9.83. The molecule has 1 unspecified atom stereocenters. The van der Waals surface area contributed by atoms with E-state index in [-0.39, 0.29) is 0 Å². The van der Waals surface area contributed by atoms with Crippen LogP contribution in [0.4, 0.5) is 0 Å². The second-order valence-corrected chi connectivity index (χ2v) is 6.47. The quantitative estimate of drug-likeness (QED) is 0.740. The zero-order chi connectivity index (χ0) is 14.2. The van der Waals surface area contributed by atoms with Crippen molar-refractivity contribution in [2.24, 2.45) is 5.92 Å². The van der Waals surface area contributed by atoms with E-state index in [1.807, 2.05) is 0 Å². The van der Waals surface area contributed by atoms with Gasteiger partial charge in [0.15, 0.2) is 0 Å². The number of nitrogens with one attached hydrogen (secondary N) is 1. The summed E-state index contributed by atoms with van der Waals surface area (Å²) in [6.07, 6.45) is 10.8. The van der Waals surface area contributed by atoms with Crippen molar-refractivity contribution in [2.75, 3.05) is 0 Å². The molecule has 112 valence electrons. The Bertz CT molecular complexity index is 351. The lowest BCUT2D eigenvalue weighted by molar-refractivity contribution is 0.260. The average Bonchev–Trinajstić information content (AvgIpc) is 2.50. The van der Waals surface area contributed by atoms with Gasteiger partial charge in [0.05, 0.1) is 0 Å². The zero-order valence-corrected chi connectivity index (χ0v) is 13.3. The molecule has 1 N–H and O–H groups in total. The van der Waals surface area contributed by atoms with Crippen molar-refractivity contribution < 1.29 is 0 Å². The molecule has 0 aliphatic heterocycles. The maximum Gasteiger partial charge on any atom is 0.0107 e. The molecule has 1 saturated carbocycles. The van der Waals surface area contributed by atoms with Crippen LogP contribution in [0.1, 0.15) is 64.4 Å². The van der Waals surface area contributed by atoms with Gasteiger partial charge in [-0.05, 0) is 50.0 Å². The maximum absolute atomic E-state index is 3.92.